The molecule has 3 heterocycles. The van der Waals surface area contributed by atoms with Crippen LogP contribution in [-0.2, 0) is 4.74 Å². The van der Waals surface area contributed by atoms with Gasteiger partial charge in [0.15, 0.2) is 0 Å². The van der Waals surface area contributed by atoms with Crippen LogP contribution in [-0.4, -0.2) is 72.5 Å². The van der Waals surface area contributed by atoms with Gasteiger partial charge in [0, 0.05) is 37.8 Å². The Kier molecular flexibility index (Phi) is 6.53. The molecule has 166 valence electrons. The molecule has 0 bridgehead atoms. The van der Waals surface area contributed by atoms with Gasteiger partial charge in [-0.3, -0.25) is 24.2 Å². The quantitative estimate of drug-likeness (QED) is 0.560. The van der Waals surface area contributed by atoms with Crippen LogP contribution in [0.3, 0.4) is 0 Å². The molecule has 1 unspecified atom stereocenters. The van der Waals surface area contributed by atoms with E-state index in [0.717, 1.165) is 45.3 Å². The number of hydrogen-bond acceptors (Lipinski definition) is 5. The first kappa shape index (κ1) is 21.7. The summed E-state index contributed by atoms with van der Waals surface area (Å²) in [5.74, 6) is -0.827. The minimum atomic E-state index is -0.335. The molecule has 7 nitrogen and oxygen atoms in total. The van der Waals surface area contributed by atoms with Crippen molar-refractivity contribution < 1.29 is 19.1 Å². The van der Waals surface area contributed by atoms with Crippen molar-refractivity contribution in [3.63, 3.8) is 0 Å². The Bertz CT molecular complexity index is 892. The van der Waals surface area contributed by atoms with Crippen molar-refractivity contribution in [2.45, 2.75) is 51.7 Å². The number of nitrogens with one attached hydrogen (secondary N) is 1. The fraction of sp³-hybridized carbons (Fsp3) is 0.542. The zero-order valence-corrected chi connectivity index (χ0v) is 18.4. The summed E-state index contributed by atoms with van der Waals surface area (Å²) in [6, 6.07) is 4.92. The predicted octanol–water partition coefficient (Wildman–Crippen LogP) is 2.62. The lowest BCUT2D eigenvalue weighted by Gasteiger charge is -2.31. The van der Waals surface area contributed by atoms with Crippen LogP contribution in [0.2, 0.25) is 0 Å². The fourth-order valence-corrected chi connectivity index (χ4v) is 4.43. The summed E-state index contributed by atoms with van der Waals surface area (Å²) in [5.41, 5.74) is 2.42. The minimum Gasteiger partial charge on any atom is -0.376 e. The summed E-state index contributed by atoms with van der Waals surface area (Å²) in [5, 5.41) is 3.10. The van der Waals surface area contributed by atoms with Gasteiger partial charge in [-0.05, 0) is 57.7 Å². The van der Waals surface area contributed by atoms with Gasteiger partial charge in [0.1, 0.15) is 0 Å². The van der Waals surface area contributed by atoms with Crippen molar-refractivity contribution in [3.05, 3.63) is 46.5 Å². The van der Waals surface area contributed by atoms with Crippen LogP contribution in [0.4, 0.5) is 0 Å². The molecular formula is C24H31N3O4. The number of amides is 3. The number of fused-ring (bicyclic) bond motifs is 1. The molecule has 1 aromatic carbocycles. The molecule has 2 fully saturated rings. The van der Waals surface area contributed by atoms with Crippen LogP contribution in [0, 0.1) is 0 Å². The van der Waals surface area contributed by atoms with Gasteiger partial charge < -0.3 is 10.1 Å². The van der Waals surface area contributed by atoms with Crippen molar-refractivity contribution in [3.8, 4) is 0 Å². The Morgan fingerprint density at radius 3 is 2.55 bits per heavy atom. The van der Waals surface area contributed by atoms with Crippen molar-refractivity contribution in [2.24, 2.45) is 0 Å². The highest BCUT2D eigenvalue weighted by Crippen LogP contribution is 2.26. The lowest BCUT2D eigenvalue weighted by molar-refractivity contribution is 0.0475. The van der Waals surface area contributed by atoms with Gasteiger partial charge in [-0.25, -0.2) is 0 Å². The number of nitrogens with zero attached hydrogens (tertiary/aromatic N) is 2. The first-order valence-corrected chi connectivity index (χ1v) is 11.2. The lowest BCUT2D eigenvalue weighted by Crippen LogP contribution is -2.44. The highest BCUT2D eigenvalue weighted by molar-refractivity contribution is 6.22. The molecule has 0 radical (unpaired) electrons. The molecule has 1 N–H and O–H groups in total. The molecule has 3 aliphatic rings. The van der Waals surface area contributed by atoms with Gasteiger partial charge in [0.2, 0.25) is 0 Å². The van der Waals surface area contributed by atoms with E-state index in [1.807, 2.05) is 0 Å². The molecule has 0 saturated carbocycles. The monoisotopic (exact) mass is 425 g/mol. The second-order valence-corrected chi connectivity index (χ2v) is 8.95. The molecule has 3 aliphatic heterocycles. The molecular weight excluding hydrogens is 394 g/mol. The molecule has 4 rings (SSSR count). The predicted molar refractivity (Wildman–Crippen MR) is 117 cm³/mol. The first-order valence-electron chi connectivity index (χ1n) is 11.2. The van der Waals surface area contributed by atoms with Crippen molar-refractivity contribution >= 4 is 17.7 Å². The lowest BCUT2D eigenvalue weighted by atomic mass is 10.0. The molecule has 31 heavy (non-hydrogen) atoms. The number of rotatable bonds is 6. The van der Waals surface area contributed by atoms with E-state index >= 15 is 0 Å². The highest BCUT2D eigenvalue weighted by atomic mass is 16.5. The summed E-state index contributed by atoms with van der Waals surface area (Å²) in [6.45, 7) is 8.00. The van der Waals surface area contributed by atoms with Gasteiger partial charge in [0.05, 0.1) is 23.8 Å². The number of carbonyl (C=O) groups excluding carboxylic acids is 3. The zero-order valence-electron chi connectivity index (χ0n) is 18.4. The number of hydrogen-bond donors (Lipinski definition) is 1. The van der Waals surface area contributed by atoms with Gasteiger partial charge in [-0.2, -0.15) is 0 Å². The second kappa shape index (κ2) is 9.32. The van der Waals surface area contributed by atoms with E-state index in [2.05, 4.69) is 30.1 Å². The average molecular weight is 426 g/mol. The van der Waals surface area contributed by atoms with Crippen LogP contribution in [0.25, 0.3) is 0 Å². The largest absolute Gasteiger partial charge is 0.376 e. The smallest absolute Gasteiger partial charge is 0.261 e. The van der Waals surface area contributed by atoms with Crippen LogP contribution < -0.4 is 5.32 Å². The molecule has 3 amide bonds. The van der Waals surface area contributed by atoms with Crippen molar-refractivity contribution in [1.29, 1.82) is 0 Å². The molecule has 7 heteroatoms. The first-order chi connectivity index (χ1) is 14.9. The minimum absolute atomic E-state index is 0.0902. The molecule has 1 atom stereocenters. The van der Waals surface area contributed by atoms with E-state index in [9.17, 15) is 14.4 Å². The maximum Gasteiger partial charge on any atom is 0.261 e. The average Bonchev–Trinajstić information content (AvgIpc) is 3.36. The summed E-state index contributed by atoms with van der Waals surface area (Å²) in [7, 11) is 0. The molecule has 0 aromatic heterocycles. The third kappa shape index (κ3) is 4.88. The molecule has 0 spiro atoms. The standard InChI is InChI=1S/C24H31N3O4/c1-16(2)7-10-26-11-8-18(9-12-26)25-22(28)17-5-6-20-21(14-17)24(30)27(23(20)29)15-19-4-3-13-31-19/h5-7,14,18-19H,3-4,8-13,15H2,1-2H3,(H,25,28). The summed E-state index contributed by atoms with van der Waals surface area (Å²) >= 11 is 0. The number of ether oxygens (including phenoxy) is 1. The molecule has 1 aromatic rings. The number of piperidine rings is 1. The van der Waals surface area contributed by atoms with Crippen LogP contribution in [0.15, 0.2) is 29.8 Å². The van der Waals surface area contributed by atoms with E-state index in [-0.39, 0.29) is 36.4 Å². The van der Waals surface area contributed by atoms with E-state index in [4.69, 9.17) is 4.74 Å². The van der Waals surface area contributed by atoms with E-state index in [1.54, 1.807) is 18.2 Å². The second-order valence-electron chi connectivity index (χ2n) is 8.95. The Balaban J connectivity index is 1.36. The van der Waals surface area contributed by atoms with Crippen LogP contribution in [0.1, 0.15) is 70.6 Å². The number of carbonyl (C=O) groups is 3. The number of benzene rings is 1. The van der Waals surface area contributed by atoms with Crippen LogP contribution >= 0.6 is 0 Å². The van der Waals surface area contributed by atoms with Gasteiger partial charge in [0.25, 0.3) is 17.7 Å². The number of imide groups is 1. The van der Waals surface area contributed by atoms with E-state index in [1.165, 1.54) is 10.5 Å². The van der Waals surface area contributed by atoms with Crippen molar-refractivity contribution in [1.82, 2.24) is 15.1 Å². The van der Waals surface area contributed by atoms with Gasteiger partial charge in [-0.15, -0.1) is 0 Å². The Morgan fingerprint density at radius 1 is 1.13 bits per heavy atom. The SMILES string of the molecule is CC(C)=CCN1CCC(NC(=O)c2ccc3c(c2)C(=O)N(CC2CCCO2)C3=O)CC1. The fourth-order valence-electron chi connectivity index (χ4n) is 4.43. The Labute approximate surface area is 183 Å². The van der Waals surface area contributed by atoms with Crippen LogP contribution in [0.5, 0.6) is 0 Å². The number of likely N-dealkylation sites (tertiary alicyclic amines) is 1. The maximum absolute atomic E-state index is 12.8. The van der Waals surface area contributed by atoms with E-state index in [0.29, 0.717) is 23.3 Å². The van der Waals surface area contributed by atoms with Gasteiger partial charge in [-0.1, -0.05) is 11.6 Å². The van der Waals surface area contributed by atoms with Gasteiger partial charge >= 0.3 is 0 Å². The summed E-state index contributed by atoms with van der Waals surface area (Å²) in [4.78, 5) is 41.9. The van der Waals surface area contributed by atoms with E-state index < -0.39 is 0 Å². The highest BCUT2D eigenvalue weighted by Gasteiger charge is 2.38. The zero-order chi connectivity index (χ0) is 22.0. The molecule has 0 aliphatic carbocycles. The third-order valence-corrected chi connectivity index (χ3v) is 6.32. The Hall–Kier alpha value is -2.51. The third-order valence-electron chi connectivity index (χ3n) is 6.32. The number of allylic oxidation sites excluding steroid dienone is 1. The molecule has 2 saturated heterocycles. The Morgan fingerprint density at radius 2 is 1.87 bits per heavy atom. The topological polar surface area (TPSA) is 79.0 Å². The maximum atomic E-state index is 12.8. The van der Waals surface area contributed by atoms with Crippen molar-refractivity contribution in [2.75, 3.05) is 32.8 Å². The summed E-state index contributed by atoms with van der Waals surface area (Å²) in [6.07, 6.45) is 5.75. The summed E-state index contributed by atoms with van der Waals surface area (Å²) < 4.78 is 5.57. The normalized spacial score (nSPS) is 22.0.